The predicted octanol–water partition coefficient (Wildman–Crippen LogP) is 4.23. The van der Waals surface area contributed by atoms with Crippen molar-refractivity contribution in [2.24, 2.45) is 0 Å². The topological polar surface area (TPSA) is 39.4 Å². The van der Waals surface area contributed by atoms with E-state index < -0.39 is 0 Å². The standard InChI is InChI=1S/C16H11BrO3/c1-19-11-7-8-13-12(9-11)15(18)14(17)16(20-13)10-5-3-2-4-6-10/h2-9H,1H3. The molecule has 0 amide bonds. The molecule has 0 atom stereocenters. The predicted molar refractivity (Wildman–Crippen MR) is 82.2 cm³/mol. The van der Waals surface area contributed by atoms with Crippen molar-refractivity contribution in [3.05, 3.63) is 63.2 Å². The van der Waals surface area contributed by atoms with E-state index in [1.807, 2.05) is 30.3 Å². The minimum Gasteiger partial charge on any atom is -0.497 e. The highest BCUT2D eigenvalue weighted by Gasteiger charge is 2.14. The molecule has 0 N–H and O–H groups in total. The first-order valence-electron chi connectivity index (χ1n) is 6.06. The van der Waals surface area contributed by atoms with Crippen LogP contribution < -0.4 is 10.2 Å². The highest BCUT2D eigenvalue weighted by atomic mass is 79.9. The van der Waals surface area contributed by atoms with Crippen LogP contribution in [-0.2, 0) is 0 Å². The number of halogens is 1. The van der Waals surface area contributed by atoms with E-state index in [4.69, 9.17) is 9.15 Å². The highest BCUT2D eigenvalue weighted by Crippen LogP contribution is 2.30. The first kappa shape index (κ1) is 12.9. The number of hydrogen-bond acceptors (Lipinski definition) is 3. The third-order valence-corrected chi connectivity index (χ3v) is 3.80. The van der Waals surface area contributed by atoms with E-state index >= 15 is 0 Å². The molecule has 0 bridgehead atoms. The van der Waals surface area contributed by atoms with Crippen LogP contribution in [0, 0.1) is 0 Å². The molecule has 0 saturated carbocycles. The lowest BCUT2D eigenvalue weighted by Gasteiger charge is -2.07. The Kier molecular flexibility index (Phi) is 3.32. The molecule has 0 unspecified atom stereocenters. The molecule has 0 aliphatic carbocycles. The van der Waals surface area contributed by atoms with Crippen molar-refractivity contribution in [3.8, 4) is 17.1 Å². The van der Waals surface area contributed by atoms with E-state index in [9.17, 15) is 4.79 Å². The Morgan fingerprint density at radius 2 is 1.85 bits per heavy atom. The first-order valence-corrected chi connectivity index (χ1v) is 6.86. The average Bonchev–Trinajstić information content (AvgIpc) is 2.51. The molecule has 0 aliphatic rings. The van der Waals surface area contributed by atoms with Gasteiger partial charge in [0.25, 0.3) is 0 Å². The number of fused-ring (bicyclic) bond motifs is 1. The lowest BCUT2D eigenvalue weighted by molar-refractivity contribution is 0.415. The van der Waals surface area contributed by atoms with Crippen molar-refractivity contribution in [2.45, 2.75) is 0 Å². The van der Waals surface area contributed by atoms with Crippen LogP contribution in [0.15, 0.2) is 62.2 Å². The summed E-state index contributed by atoms with van der Waals surface area (Å²) < 4.78 is 11.4. The van der Waals surface area contributed by atoms with Gasteiger partial charge in [0, 0.05) is 5.56 Å². The van der Waals surface area contributed by atoms with E-state index in [0.717, 1.165) is 5.56 Å². The van der Waals surface area contributed by atoms with Crippen LogP contribution in [0.3, 0.4) is 0 Å². The van der Waals surface area contributed by atoms with Gasteiger partial charge in [-0.2, -0.15) is 0 Å². The van der Waals surface area contributed by atoms with Crippen LogP contribution in [0.2, 0.25) is 0 Å². The number of ether oxygens (including phenoxy) is 1. The van der Waals surface area contributed by atoms with E-state index in [2.05, 4.69) is 15.9 Å². The van der Waals surface area contributed by atoms with Crippen molar-refractivity contribution >= 4 is 26.9 Å². The summed E-state index contributed by atoms with van der Waals surface area (Å²) in [4.78, 5) is 12.4. The Labute approximate surface area is 123 Å². The maximum atomic E-state index is 12.4. The largest absolute Gasteiger partial charge is 0.497 e. The third-order valence-electron chi connectivity index (χ3n) is 3.08. The van der Waals surface area contributed by atoms with Gasteiger partial charge in [-0.15, -0.1) is 0 Å². The molecule has 3 rings (SSSR count). The zero-order valence-electron chi connectivity index (χ0n) is 10.7. The van der Waals surface area contributed by atoms with Crippen molar-refractivity contribution < 1.29 is 9.15 Å². The fourth-order valence-corrected chi connectivity index (χ4v) is 2.58. The van der Waals surface area contributed by atoms with Crippen molar-refractivity contribution in [1.29, 1.82) is 0 Å². The lowest BCUT2D eigenvalue weighted by Crippen LogP contribution is -2.04. The average molecular weight is 331 g/mol. The van der Waals surface area contributed by atoms with Crippen molar-refractivity contribution in [1.82, 2.24) is 0 Å². The number of methoxy groups -OCH3 is 1. The minimum atomic E-state index is -0.107. The van der Waals surface area contributed by atoms with Crippen LogP contribution in [0.4, 0.5) is 0 Å². The summed E-state index contributed by atoms with van der Waals surface area (Å²) in [5, 5.41) is 0.496. The fourth-order valence-electron chi connectivity index (χ4n) is 2.05. The summed E-state index contributed by atoms with van der Waals surface area (Å²) in [5.74, 6) is 1.16. The summed E-state index contributed by atoms with van der Waals surface area (Å²) >= 11 is 3.34. The smallest absolute Gasteiger partial charge is 0.207 e. The van der Waals surface area contributed by atoms with E-state index in [-0.39, 0.29) is 5.43 Å². The zero-order chi connectivity index (χ0) is 14.1. The second kappa shape index (κ2) is 5.13. The molecule has 0 aliphatic heterocycles. The summed E-state index contributed by atoms with van der Waals surface area (Å²) in [6.45, 7) is 0. The van der Waals surface area contributed by atoms with Crippen molar-refractivity contribution in [3.63, 3.8) is 0 Å². The van der Waals surface area contributed by atoms with Crippen molar-refractivity contribution in [2.75, 3.05) is 7.11 Å². The molecular weight excluding hydrogens is 320 g/mol. The number of hydrogen-bond donors (Lipinski definition) is 0. The molecule has 3 aromatic rings. The van der Waals surface area contributed by atoms with Gasteiger partial charge in [-0.3, -0.25) is 4.79 Å². The second-order valence-electron chi connectivity index (χ2n) is 4.30. The molecule has 0 fully saturated rings. The molecule has 0 saturated heterocycles. The molecule has 20 heavy (non-hydrogen) atoms. The molecule has 2 aromatic carbocycles. The molecule has 1 aromatic heterocycles. The van der Waals surface area contributed by atoms with Crippen LogP contribution in [-0.4, -0.2) is 7.11 Å². The Bertz CT molecular complexity index is 822. The Hall–Kier alpha value is -2.07. The quantitative estimate of drug-likeness (QED) is 0.705. The SMILES string of the molecule is COc1ccc2oc(-c3ccccc3)c(Br)c(=O)c2c1. The monoisotopic (exact) mass is 330 g/mol. The molecule has 0 radical (unpaired) electrons. The Morgan fingerprint density at radius 1 is 1.10 bits per heavy atom. The Morgan fingerprint density at radius 3 is 2.55 bits per heavy atom. The van der Waals surface area contributed by atoms with Crippen LogP contribution >= 0.6 is 15.9 Å². The third kappa shape index (κ3) is 2.12. The van der Waals surface area contributed by atoms with Gasteiger partial charge >= 0.3 is 0 Å². The summed E-state index contributed by atoms with van der Waals surface area (Å²) in [6, 6.07) is 14.7. The normalized spacial score (nSPS) is 10.7. The first-order chi connectivity index (χ1) is 9.70. The van der Waals surface area contributed by atoms with Gasteiger partial charge in [-0.25, -0.2) is 0 Å². The fraction of sp³-hybridized carbons (Fsp3) is 0.0625. The van der Waals surface area contributed by atoms with E-state index in [0.29, 0.717) is 27.0 Å². The maximum absolute atomic E-state index is 12.4. The van der Waals surface area contributed by atoms with E-state index in [1.54, 1.807) is 25.3 Å². The van der Waals surface area contributed by atoms with E-state index in [1.165, 1.54) is 0 Å². The van der Waals surface area contributed by atoms with Gasteiger partial charge < -0.3 is 9.15 Å². The van der Waals surface area contributed by atoms with Gasteiger partial charge in [0.2, 0.25) is 5.43 Å². The van der Waals surface area contributed by atoms with Crippen LogP contribution in [0.1, 0.15) is 0 Å². The molecule has 100 valence electrons. The summed E-state index contributed by atoms with van der Waals surface area (Å²) in [6.07, 6.45) is 0. The second-order valence-corrected chi connectivity index (χ2v) is 5.10. The number of benzene rings is 2. The molecule has 3 nitrogen and oxygen atoms in total. The maximum Gasteiger partial charge on any atom is 0.207 e. The van der Waals surface area contributed by atoms with Gasteiger partial charge in [0.15, 0.2) is 5.76 Å². The summed E-state index contributed by atoms with van der Waals surface area (Å²) in [5.41, 5.74) is 1.29. The van der Waals surface area contributed by atoms with Gasteiger partial charge in [0.05, 0.1) is 12.5 Å². The molecule has 0 spiro atoms. The van der Waals surface area contributed by atoms with Crippen LogP contribution in [0.5, 0.6) is 5.75 Å². The molecule has 4 heteroatoms. The Balaban J connectivity index is 2.32. The van der Waals surface area contributed by atoms with Crippen LogP contribution in [0.25, 0.3) is 22.3 Å². The molecular formula is C16H11BrO3. The highest BCUT2D eigenvalue weighted by molar-refractivity contribution is 9.10. The van der Waals surface area contributed by atoms with Gasteiger partial charge in [-0.05, 0) is 34.1 Å². The zero-order valence-corrected chi connectivity index (χ0v) is 12.3. The molecule has 1 heterocycles. The van der Waals surface area contributed by atoms with Gasteiger partial charge in [0.1, 0.15) is 15.8 Å². The lowest BCUT2D eigenvalue weighted by atomic mass is 10.1. The minimum absolute atomic E-state index is 0.107. The van der Waals surface area contributed by atoms with Gasteiger partial charge in [-0.1, -0.05) is 30.3 Å². The summed E-state index contributed by atoms with van der Waals surface area (Å²) in [7, 11) is 1.57. The number of rotatable bonds is 2.